The van der Waals surface area contributed by atoms with Crippen LogP contribution in [0.15, 0.2) is 53.1 Å². The van der Waals surface area contributed by atoms with Gasteiger partial charge in [0.15, 0.2) is 5.76 Å². The number of piperidine rings is 1. The molecule has 1 aliphatic heterocycles. The second-order valence-corrected chi connectivity index (χ2v) is 8.40. The molecular formula is C25H30N4O2. The Hall–Kier alpha value is -3.12. The summed E-state index contributed by atoms with van der Waals surface area (Å²) in [6, 6.07) is 16.5. The Morgan fingerprint density at radius 3 is 2.45 bits per heavy atom. The van der Waals surface area contributed by atoms with E-state index in [0.29, 0.717) is 11.6 Å². The Morgan fingerprint density at radius 2 is 1.81 bits per heavy atom. The molecule has 2 aromatic carbocycles. The maximum absolute atomic E-state index is 12.6. The van der Waals surface area contributed by atoms with Crippen LogP contribution in [0.3, 0.4) is 0 Å². The van der Waals surface area contributed by atoms with Gasteiger partial charge in [0, 0.05) is 42.1 Å². The fraction of sp³-hybridized carbons (Fsp3) is 0.360. The molecule has 1 saturated heterocycles. The Labute approximate surface area is 183 Å². The number of carbonyl (C=O) groups excluding carboxylic acids is 1. The van der Waals surface area contributed by atoms with Gasteiger partial charge in [-0.25, -0.2) is 0 Å². The highest BCUT2D eigenvalue weighted by Crippen LogP contribution is 2.23. The summed E-state index contributed by atoms with van der Waals surface area (Å²) in [6.45, 7) is 8.66. The summed E-state index contributed by atoms with van der Waals surface area (Å²) in [5, 5.41) is 10.5. The highest BCUT2D eigenvalue weighted by Gasteiger charge is 2.19. The maximum Gasteiger partial charge on any atom is 0.255 e. The van der Waals surface area contributed by atoms with Gasteiger partial charge in [-0.1, -0.05) is 22.9 Å². The van der Waals surface area contributed by atoms with Gasteiger partial charge in [0.25, 0.3) is 5.91 Å². The molecule has 0 unspecified atom stereocenters. The first kappa shape index (κ1) is 21.1. The number of aromatic nitrogens is 1. The molecule has 2 N–H and O–H groups in total. The van der Waals surface area contributed by atoms with Crippen LogP contribution in [0, 0.1) is 20.8 Å². The molecule has 0 spiro atoms. The van der Waals surface area contributed by atoms with E-state index in [1.54, 1.807) is 0 Å². The molecule has 0 aliphatic carbocycles. The van der Waals surface area contributed by atoms with E-state index in [9.17, 15) is 4.79 Å². The molecule has 2 heterocycles. The van der Waals surface area contributed by atoms with Gasteiger partial charge in [-0.15, -0.1) is 0 Å². The van der Waals surface area contributed by atoms with Crippen molar-refractivity contribution < 1.29 is 9.32 Å². The topological polar surface area (TPSA) is 70.4 Å². The van der Waals surface area contributed by atoms with Crippen LogP contribution in [0.1, 0.15) is 45.8 Å². The smallest absolute Gasteiger partial charge is 0.255 e. The van der Waals surface area contributed by atoms with Gasteiger partial charge >= 0.3 is 0 Å². The summed E-state index contributed by atoms with van der Waals surface area (Å²) in [5.41, 5.74) is 5.78. The third kappa shape index (κ3) is 5.33. The molecule has 0 bridgehead atoms. The van der Waals surface area contributed by atoms with Crippen LogP contribution in [-0.4, -0.2) is 30.2 Å². The van der Waals surface area contributed by atoms with Crippen molar-refractivity contribution in [3.63, 3.8) is 0 Å². The first-order valence-corrected chi connectivity index (χ1v) is 10.9. The fourth-order valence-corrected chi connectivity index (χ4v) is 4.11. The van der Waals surface area contributed by atoms with Gasteiger partial charge in [0.1, 0.15) is 0 Å². The quantitative estimate of drug-likeness (QED) is 0.612. The third-order valence-electron chi connectivity index (χ3n) is 5.85. The van der Waals surface area contributed by atoms with E-state index >= 15 is 0 Å². The highest BCUT2D eigenvalue weighted by atomic mass is 16.5. The minimum Gasteiger partial charge on any atom is -0.371 e. The Morgan fingerprint density at radius 1 is 1.06 bits per heavy atom. The number of hydrogen-bond acceptors (Lipinski definition) is 5. The lowest BCUT2D eigenvalue weighted by atomic mass is 10.0. The predicted molar refractivity (Wildman–Crippen MR) is 124 cm³/mol. The van der Waals surface area contributed by atoms with Crippen molar-refractivity contribution in [1.82, 2.24) is 10.5 Å². The van der Waals surface area contributed by atoms with Crippen LogP contribution in [-0.2, 0) is 6.54 Å². The molecule has 1 amide bonds. The monoisotopic (exact) mass is 418 g/mol. The number of carbonyl (C=O) groups is 1. The van der Waals surface area contributed by atoms with E-state index in [1.165, 1.54) is 5.69 Å². The number of amides is 1. The lowest BCUT2D eigenvalue weighted by Crippen LogP contribution is -2.42. The molecule has 1 aromatic heterocycles. The van der Waals surface area contributed by atoms with E-state index in [2.05, 4.69) is 32.8 Å². The Kier molecular flexibility index (Phi) is 6.37. The van der Waals surface area contributed by atoms with Crippen molar-refractivity contribution in [2.24, 2.45) is 0 Å². The van der Waals surface area contributed by atoms with Crippen molar-refractivity contribution in [2.45, 2.75) is 46.2 Å². The lowest BCUT2D eigenvalue weighted by Gasteiger charge is -2.34. The fourth-order valence-electron chi connectivity index (χ4n) is 4.11. The number of benzene rings is 2. The minimum atomic E-state index is -0.0703. The van der Waals surface area contributed by atoms with Gasteiger partial charge in [0.05, 0.1) is 12.2 Å². The zero-order valence-electron chi connectivity index (χ0n) is 18.4. The summed E-state index contributed by atoms with van der Waals surface area (Å²) in [5.74, 6) is 0.817. The molecule has 0 saturated carbocycles. The number of nitrogens with zero attached hydrogens (tertiary/aromatic N) is 2. The second-order valence-electron chi connectivity index (χ2n) is 8.40. The minimum absolute atomic E-state index is 0.0703. The summed E-state index contributed by atoms with van der Waals surface area (Å²) in [7, 11) is 0. The standard InChI is InChI=1S/C25H30N4O2/c1-17-4-9-24(18(2)14-17)25(30)27-21-5-7-22(8-6-21)29-12-10-20(11-13-29)26-16-23-15-19(3)28-31-23/h4-9,14-15,20,26H,10-13,16H2,1-3H3,(H,27,30). The molecule has 162 valence electrons. The van der Waals surface area contributed by atoms with Crippen molar-refractivity contribution in [3.8, 4) is 0 Å². The Balaban J connectivity index is 1.28. The Bertz CT molecular complexity index is 1030. The summed E-state index contributed by atoms with van der Waals surface area (Å²) in [4.78, 5) is 15.0. The average Bonchev–Trinajstić information content (AvgIpc) is 3.18. The number of aryl methyl sites for hydroxylation is 3. The molecule has 0 radical (unpaired) electrons. The highest BCUT2D eigenvalue weighted by molar-refractivity contribution is 6.05. The van der Waals surface area contributed by atoms with E-state index in [0.717, 1.165) is 60.7 Å². The van der Waals surface area contributed by atoms with E-state index in [-0.39, 0.29) is 5.91 Å². The van der Waals surface area contributed by atoms with Crippen LogP contribution < -0.4 is 15.5 Å². The molecule has 1 aliphatic rings. The number of nitrogens with one attached hydrogen (secondary N) is 2. The maximum atomic E-state index is 12.6. The lowest BCUT2D eigenvalue weighted by molar-refractivity contribution is 0.102. The van der Waals surface area contributed by atoms with Gasteiger partial charge in [-0.2, -0.15) is 0 Å². The van der Waals surface area contributed by atoms with E-state index in [1.807, 2.05) is 57.2 Å². The first-order valence-electron chi connectivity index (χ1n) is 10.9. The van der Waals surface area contributed by atoms with Gasteiger partial charge < -0.3 is 20.1 Å². The summed E-state index contributed by atoms with van der Waals surface area (Å²) in [6.07, 6.45) is 2.16. The van der Waals surface area contributed by atoms with Crippen LogP contribution in [0.5, 0.6) is 0 Å². The summed E-state index contributed by atoms with van der Waals surface area (Å²) >= 11 is 0. The third-order valence-corrected chi connectivity index (χ3v) is 5.85. The van der Waals surface area contributed by atoms with Crippen LogP contribution in [0.4, 0.5) is 11.4 Å². The number of anilines is 2. The molecule has 31 heavy (non-hydrogen) atoms. The molecule has 6 nitrogen and oxygen atoms in total. The van der Waals surface area contributed by atoms with Gasteiger partial charge in [-0.3, -0.25) is 4.79 Å². The molecule has 0 atom stereocenters. The van der Waals surface area contributed by atoms with Crippen molar-refractivity contribution in [1.29, 1.82) is 0 Å². The molecule has 6 heteroatoms. The summed E-state index contributed by atoms with van der Waals surface area (Å²) < 4.78 is 5.27. The van der Waals surface area contributed by atoms with E-state index < -0.39 is 0 Å². The largest absolute Gasteiger partial charge is 0.371 e. The van der Waals surface area contributed by atoms with Gasteiger partial charge in [-0.05, 0) is 69.5 Å². The second kappa shape index (κ2) is 9.35. The molecule has 4 rings (SSSR count). The van der Waals surface area contributed by atoms with Gasteiger partial charge in [0.2, 0.25) is 0 Å². The molecular weight excluding hydrogens is 388 g/mol. The van der Waals surface area contributed by atoms with Crippen LogP contribution in [0.2, 0.25) is 0 Å². The normalized spacial score (nSPS) is 14.6. The molecule has 1 fully saturated rings. The number of hydrogen-bond donors (Lipinski definition) is 2. The number of rotatable bonds is 6. The van der Waals surface area contributed by atoms with Crippen LogP contribution in [0.25, 0.3) is 0 Å². The van der Waals surface area contributed by atoms with Crippen molar-refractivity contribution in [2.75, 3.05) is 23.3 Å². The van der Waals surface area contributed by atoms with E-state index in [4.69, 9.17) is 4.52 Å². The van der Waals surface area contributed by atoms with Crippen molar-refractivity contribution >= 4 is 17.3 Å². The average molecular weight is 419 g/mol. The first-order chi connectivity index (χ1) is 15.0. The van der Waals surface area contributed by atoms with Crippen molar-refractivity contribution in [3.05, 3.63) is 76.7 Å². The zero-order chi connectivity index (χ0) is 21.8. The zero-order valence-corrected chi connectivity index (χ0v) is 18.4. The molecule has 3 aromatic rings. The van der Waals surface area contributed by atoms with Crippen LogP contribution >= 0.6 is 0 Å². The SMILES string of the molecule is Cc1ccc(C(=O)Nc2ccc(N3CCC(NCc4cc(C)no4)CC3)cc2)c(C)c1. The predicted octanol–water partition coefficient (Wildman–Crippen LogP) is 4.61.